The molecule has 0 saturated heterocycles. The molecule has 31 heavy (non-hydrogen) atoms. The van der Waals surface area contributed by atoms with Crippen molar-refractivity contribution in [1.82, 2.24) is 4.98 Å². The van der Waals surface area contributed by atoms with Crippen LogP contribution in [-0.4, -0.2) is 39.3 Å². The second-order valence-corrected chi connectivity index (χ2v) is 8.93. The van der Waals surface area contributed by atoms with Crippen LogP contribution in [0.1, 0.15) is 0 Å². The lowest BCUT2D eigenvalue weighted by atomic mass is 10.3. The number of hydrogen-bond acceptors (Lipinski definition) is 7. The Kier molecular flexibility index (Phi) is 7.37. The maximum Gasteiger partial charge on any atom is 0.263 e. The molecule has 1 aromatic heterocycles. The van der Waals surface area contributed by atoms with Crippen LogP contribution in [0.4, 0.5) is 11.5 Å². The highest BCUT2D eigenvalue weighted by Gasteiger charge is 2.15. The quantitative estimate of drug-likeness (QED) is 0.471. The Morgan fingerprint density at radius 1 is 1.00 bits per heavy atom. The molecule has 0 spiro atoms. The van der Waals surface area contributed by atoms with Gasteiger partial charge in [0.15, 0.2) is 11.5 Å². The molecule has 2 N–H and O–H groups in total. The monoisotopic (exact) mass is 459 g/mol. The van der Waals surface area contributed by atoms with Crippen molar-refractivity contribution in [2.45, 2.75) is 9.79 Å². The summed E-state index contributed by atoms with van der Waals surface area (Å²) in [6.07, 6.45) is 1.50. The van der Waals surface area contributed by atoms with Crippen LogP contribution in [0.25, 0.3) is 0 Å². The number of sulfonamides is 1. The van der Waals surface area contributed by atoms with E-state index in [9.17, 15) is 13.2 Å². The number of pyridine rings is 1. The number of benzene rings is 2. The molecule has 162 valence electrons. The number of nitrogens with one attached hydrogen (secondary N) is 2. The van der Waals surface area contributed by atoms with Crippen molar-refractivity contribution in [3.05, 3.63) is 66.9 Å². The number of anilines is 2. The summed E-state index contributed by atoms with van der Waals surface area (Å²) in [6, 6.07) is 16.3. The first-order valence-electron chi connectivity index (χ1n) is 9.10. The standard InChI is InChI=1S/C21H21N3O5S2/c1-28-18-11-8-16(13-19(18)29-2)30-14-21(25)23-15-6-9-17(10-7-15)31(26,27)24-20-5-3-4-12-22-20/h3-13H,14H2,1-2H3,(H,22,24)(H,23,25). The number of nitrogens with zero attached hydrogens (tertiary/aromatic N) is 1. The molecular weight excluding hydrogens is 438 g/mol. The van der Waals surface area contributed by atoms with E-state index >= 15 is 0 Å². The van der Waals surface area contributed by atoms with E-state index in [4.69, 9.17) is 9.47 Å². The van der Waals surface area contributed by atoms with Gasteiger partial charge in [0.25, 0.3) is 10.0 Å². The average Bonchev–Trinajstić information content (AvgIpc) is 2.78. The van der Waals surface area contributed by atoms with Crippen LogP contribution >= 0.6 is 11.8 Å². The van der Waals surface area contributed by atoms with Crippen LogP contribution in [0.3, 0.4) is 0 Å². The van der Waals surface area contributed by atoms with E-state index in [-0.39, 0.29) is 22.4 Å². The molecule has 1 heterocycles. The van der Waals surface area contributed by atoms with E-state index in [1.54, 1.807) is 44.6 Å². The zero-order chi connectivity index (χ0) is 22.3. The third-order valence-corrected chi connectivity index (χ3v) is 6.44. The van der Waals surface area contributed by atoms with Crippen LogP contribution in [0.5, 0.6) is 11.5 Å². The number of hydrogen-bond donors (Lipinski definition) is 2. The second kappa shape index (κ2) is 10.2. The highest BCUT2D eigenvalue weighted by Crippen LogP contribution is 2.31. The molecule has 0 atom stereocenters. The van der Waals surface area contributed by atoms with Crippen molar-refractivity contribution >= 4 is 39.2 Å². The Hall–Kier alpha value is -3.24. The van der Waals surface area contributed by atoms with Crippen molar-refractivity contribution in [2.24, 2.45) is 0 Å². The van der Waals surface area contributed by atoms with Gasteiger partial charge in [0, 0.05) is 16.8 Å². The fourth-order valence-corrected chi connectivity index (χ4v) is 4.32. The summed E-state index contributed by atoms with van der Waals surface area (Å²) in [6.45, 7) is 0. The summed E-state index contributed by atoms with van der Waals surface area (Å²) in [5.74, 6) is 1.39. The van der Waals surface area contributed by atoms with Gasteiger partial charge >= 0.3 is 0 Å². The van der Waals surface area contributed by atoms with Gasteiger partial charge in [-0.2, -0.15) is 0 Å². The van der Waals surface area contributed by atoms with E-state index in [2.05, 4.69) is 15.0 Å². The molecule has 0 saturated carbocycles. The lowest BCUT2D eigenvalue weighted by Crippen LogP contribution is -2.15. The van der Waals surface area contributed by atoms with Gasteiger partial charge < -0.3 is 14.8 Å². The van der Waals surface area contributed by atoms with Gasteiger partial charge in [-0.3, -0.25) is 9.52 Å². The number of rotatable bonds is 9. The van der Waals surface area contributed by atoms with Crippen molar-refractivity contribution in [3.63, 3.8) is 0 Å². The van der Waals surface area contributed by atoms with Crippen molar-refractivity contribution in [1.29, 1.82) is 0 Å². The second-order valence-electron chi connectivity index (χ2n) is 6.20. The largest absolute Gasteiger partial charge is 0.493 e. The zero-order valence-electron chi connectivity index (χ0n) is 16.9. The number of thioether (sulfide) groups is 1. The summed E-state index contributed by atoms with van der Waals surface area (Å²) < 4.78 is 37.7. The van der Waals surface area contributed by atoms with E-state index in [0.29, 0.717) is 17.2 Å². The summed E-state index contributed by atoms with van der Waals surface area (Å²) in [5, 5.41) is 2.75. The molecule has 3 aromatic rings. The van der Waals surface area contributed by atoms with E-state index in [1.807, 2.05) is 6.07 Å². The minimum Gasteiger partial charge on any atom is -0.493 e. The summed E-state index contributed by atoms with van der Waals surface area (Å²) in [7, 11) is -0.660. The SMILES string of the molecule is COc1ccc(SCC(=O)Nc2ccc(S(=O)(=O)Nc3ccccn3)cc2)cc1OC. The molecule has 0 radical (unpaired) electrons. The molecule has 1 amide bonds. The summed E-state index contributed by atoms with van der Waals surface area (Å²) >= 11 is 1.34. The van der Waals surface area contributed by atoms with Crippen LogP contribution in [-0.2, 0) is 14.8 Å². The number of carbonyl (C=O) groups is 1. The number of aromatic nitrogens is 1. The van der Waals surface area contributed by atoms with Gasteiger partial charge in [-0.15, -0.1) is 11.8 Å². The van der Waals surface area contributed by atoms with Gasteiger partial charge in [-0.25, -0.2) is 13.4 Å². The van der Waals surface area contributed by atoms with Crippen molar-refractivity contribution in [3.8, 4) is 11.5 Å². The Labute approximate surface area is 185 Å². The Balaban J connectivity index is 1.57. The van der Waals surface area contributed by atoms with E-state index in [0.717, 1.165) is 4.90 Å². The molecule has 0 aliphatic carbocycles. The molecule has 0 bridgehead atoms. The smallest absolute Gasteiger partial charge is 0.263 e. The highest BCUT2D eigenvalue weighted by molar-refractivity contribution is 8.00. The van der Waals surface area contributed by atoms with Crippen LogP contribution in [0.2, 0.25) is 0 Å². The maximum absolute atomic E-state index is 12.4. The van der Waals surface area contributed by atoms with Crippen molar-refractivity contribution < 1.29 is 22.7 Å². The molecule has 0 aliphatic rings. The van der Waals surface area contributed by atoms with Crippen LogP contribution in [0.15, 0.2) is 76.7 Å². The fourth-order valence-electron chi connectivity index (χ4n) is 2.59. The number of amides is 1. The van der Waals surface area contributed by atoms with Gasteiger partial charge in [0.05, 0.1) is 24.9 Å². The lowest BCUT2D eigenvalue weighted by molar-refractivity contribution is -0.113. The van der Waals surface area contributed by atoms with Crippen LogP contribution in [0, 0.1) is 0 Å². The van der Waals surface area contributed by atoms with Crippen LogP contribution < -0.4 is 19.5 Å². The van der Waals surface area contributed by atoms with Gasteiger partial charge in [0.2, 0.25) is 5.91 Å². The topological polar surface area (TPSA) is 107 Å². The highest BCUT2D eigenvalue weighted by atomic mass is 32.2. The third kappa shape index (κ3) is 6.12. The first-order valence-corrected chi connectivity index (χ1v) is 11.6. The van der Waals surface area contributed by atoms with Gasteiger partial charge in [-0.05, 0) is 54.6 Å². The molecule has 0 aliphatic heterocycles. The molecule has 8 nitrogen and oxygen atoms in total. The average molecular weight is 460 g/mol. The number of methoxy groups -OCH3 is 2. The first-order chi connectivity index (χ1) is 14.9. The Morgan fingerprint density at radius 3 is 2.39 bits per heavy atom. The molecule has 0 unspecified atom stereocenters. The minimum atomic E-state index is -3.77. The molecule has 3 rings (SSSR count). The molecule has 0 fully saturated rings. The predicted molar refractivity (Wildman–Crippen MR) is 120 cm³/mol. The zero-order valence-corrected chi connectivity index (χ0v) is 18.5. The number of ether oxygens (including phenoxy) is 2. The summed E-state index contributed by atoms with van der Waals surface area (Å²) in [5.41, 5.74) is 0.495. The number of carbonyl (C=O) groups excluding carboxylic acids is 1. The first kappa shape index (κ1) is 22.4. The Morgan fingerprint density at radius 2 is 1.74 bits per heavy atom. The van der Waals surface area contributed by atoms with Crippen molar-refractivity contribution in [2.75, 3.05) is 30.0 Å². The maximum atomic E-state index is 12.4. The third-order valence-electron chi connectivity index (χ3n) is 4.08. The normalized spacial score (nSPS) is 10.9. The molecular formula is C21H21N3O5S2. The predicted octanol–water partition coefficient (Wildman–Crippen LogP) is 3.63. The molecule has 2 aromatic carbocycles. The fraction of sp³-hybridized carbons (Fsp3) is 0.143. The lowest BCUT2D eigenvalue weighted by Gasteiger charge is -2.10. The van der Waals surface area contributed by atoms with Gasteiger partial charge in [-0.1, -0.05) is 6.07 Å². The summed E-state index contributed by atoms with van der Waals surface area (Å²) in [4.78, 5) is 17.1. The molecule has 10 heteroatoms. The Bertz CT molecular complexity index is 1140. The minimum absolute atomic E-state index is 0.0656. The van der Waals surface area contributed by atoms with E-state index in [1.165, 1.54) is 42.2 Å². The van der Waals surface area contributed by atoms with Gasteiger partial charge in [0.1, 0.15) is 5.82 Å². The van der Waals surface area contributed by atoms with E-state index < -0.39 is 10.0 Å².